The first kappa shape index (κ1) is 15.4. The third kappa shape index (κ3) is 4.58. The van der Waals surface area contributed by atoms with Gasteiger partial charge in [-0.3, -0.25) is 9.59 Å². The van der Waals surface area contributed by atoms with E-state index in [0.29, 0.717) is 17.8 Å². The summed E-state index contributed by atoms with van der Waals surface area (Å²) in [6, 6.07) is 8.64. The van der Waals surface area contributed by atoms with E-state index in [-0.39, 0.29) is 11.4 Å². The molecule has 0 aliphatic heterocycles. The van der Waals surface area contributed by atoms with Crippen LogP contribution in [0.5, 0.6) is 0 Å². The number of nitrogens with one attached hydrogen (secondary N) is 2. The Morgan fingerprint density at radius 2 is 1.95 bits per heavy atom. The lowest BCUT2D eigenvalue weighted by Gasteiger charge is -2.04. The predicted molar refractivity (Wildman–Crippen MR) is 77.1 cm³/mol. The van der Waals surface area contributed by atoms with Gasteiger partial charge in [0, 0.05) is 24.0 Å². The van der Waals surface area contributed by atoms with Crippen LogP contribution in [0.2, 0.25) is 0 Å². The van der Waals surface area contributed by atoms with Gasteiger partial charge in [0.2, 0.25) is 0 Å². The Kier molecular flexibility index (Phi) is 5.98. The van der Waals surface area contributed by atoms with E-state index in [4.69, 9.17) is 5.26 Å². The quantitative estimate of drug-likeness (QED) is 0.472. The van der Waals surface area contributed by atoms with Gasteiger partial charge in [0.15, 0.2) is 5.78 Å². The van der Waals surface area contributed by atoms with Crippen LogP contribution < -0.4 is 10.6 Å². The molecule has 0 bridgehead atoms. The molecule has 1 amide bonds. The number of carbonyl (C=O) groups is 2. The number of nitriles is 1. The van der Waals surface area contributed by atoms with E-state index in [1.807, 2.05) is 13.0 Å². The number of ketones is 1. The summed E-state index contributed by atoms with van der Waals surface area (Å²) in [5.41, 5.74) is 1.32. The number of benzene rings is 1. The first-order valence-corrected chi connectivity index (χ1v) is 6.34. The average molecular weight is 271 g/mol. The molecule has 0 aliphatic rings. The van der Waals surface area contributed by atoms with Crippen molar-refractivity contribution in [2.75, 3.05) is 11.9 Å². The van der Waals surface area contributed by atoms with Crippen molar-refractivity contribution in [3.05, 3.63) is 41.6 Å². The summed E-state index contributed by atoms with van der Waals surface area (Å²) in [6.07, 6.45) is 2.16. The van der Waals surface area contributed by atoms with Gasteiger partial charge in [-0.25, -0.2) is 0 Å². The Hall–Kier alpha value is -2.61. The molecular weight excluding hydrogens is 254 g/mol. The van der Waals surface area contributed by atoms with Crippen molar-refractivity contribution in [1.29, 1.82) is 5.26 Å². The minimum atomic E-state index is -0.401. The minimum absolute atomic E-state index is 0.00842. The molecule has 1 aromatic rings. The number of anilines is 1. The summed E-state index contributed by atoms with van der Waals surface area (Å²) in [6.45, 7) is 3.96. The Balaban J connectivity index is 2.71. The van der Waals surface area contributed by atoms with Crippen molar-refractivity contribution in [3.8, 4) is 6.07 Å². The lowest BCUT2D eigenvalue weighted by Crippen LogP contribution is -2.25. The number of amides is 1. The van der Waals surface area contributed by atoms with E-state index >= 15 is 0 Å². The smallest absolute Gasteiger partial charge is 0.263 e. The van der Waals surface area contributed by atoms with E-state index in [1.54, 1.807) is 24.3 Å². The van der Waals surface area contributed by atoms with Gasteiger partial charge < -0.3 is 10.6 Å². The van der Waals surface area contributed by atoms with Gasteiger partial charge in [-0.15, -0.1) is 0 Å². The molecule has 0 unspecified atom stereocenters. The first-order chi connectivity index (χ1) is 9.58. The predicted octanol–water partition coefficient (Wildman–Crippen LogP) is 2.23. The molecule has 5 heteroatoms. The molecular formula is C15H17N3O2. The van der Waals surface area contributed by atoms with Crippen molar-refractivity contribution in [1.82, 2.24) is 5.32 Å². The molecule has 0 saturated carbocycles. The van der Waals surface area contributed by atoms with Crippen molar-refractivity contribution in [2.24, 2.45) is 0 Å². The van der Waals surface area contributed by atoms with E-state index in [9.17, 15) is 9.59 Å². The molecule has 104 valence electrons. The second-order valence-corrected chi connectivity index (χ2v) is 4.20. The van der Waals surface area contributed by atoms with Gasteiger partial charge >= 0.3 is 0 Å². The number of hydrogen-bond donors (Lipinski definition) is 2. The SMILES string of the molecule is CCCNC(=O)/C(C#N)=C\Nc1ccc(C(C)=O)cc1. The summed E-state index contributed by atoms with van der Waals surface area (Å²) < 4.78 is 0. The highest BCUT2D eigenvalue weighted by molar-refractivity contribution is 5.97. The Morgan fingerprint density at radius 3 is 2.45 bits per heavy atom. The van der Waals surface area contributed by atoms with Crippen LogP contribution in [0.1, 0.15) is 30.6 Å². The number of carbonyl (C=O) groups excluding carboxylic acids is 2. The van der Waals surface area contributed by atoms with Crippen LogP contribution >= 0.6 is 0 Å². The van der Waals surface area contributed by atoms with Gasteiger partial charge in [-0.2, -0.15) is 5.26 Å². The molecule has 0 radical (unpaired) electrons. The van der Waals surface area contributed by atoms with Gasteiger partial charge in [0.1, 0.15) is 11.6 Å². The summed E-state index contributed by atoms with van der Waals surface area (Å²) in [7, 11) is 0. The van der Waals surface area contributed by atoms with Crippen LogP contribution in [0.3, 0.4) is 0 Å². The van der Waals surface area contributed by atoms with Crippen LogP contribution in [0.15, 0.2) is 36.0 Å². The normalized spacial score (nSPS) is 10.6. The maximum atomic E-state index is 11.6. The molecule has 0 atom stereocenters. The van der Waals surface area contributed by atoms with Gasteiger partial charge in [-0.1, -0.05) is 6.92 Å². The van der Waals surface area contributed by atoms with E-state index in [1.165, 1.54) is 13.1 Å². The standard InChI is InChI=1S/C15H17N3O2/c1-3-8-17-15(20)13(9-16)10-18-14-6-4-12(5-7-14)11(2)19/h4-7,10,18H,3,8H2,1-2H3,(H,17,20)/b13-10-. The Bertz CT molecular complexity index is 553. The molecule has 0 aliphatic carbocycles. The second kappa shape index (κ2) is 7.74. The van der Waals surface area contributed by atoms with Gasteiger partial charge in [0.05, 0.1) is 0 Å². The first-order valence-electron chi connectivity index (χ1n) is 6.34. The molecule has 20 heavy (non-hydrogen) atoms. The monoisotopic (exact) mass is 271 g/mol. The van der Waals surface area contributed by atoms with Crippen LogP contribution in [-0.4, -0.2) is 18.2 Å². The van der Waals surface area contributed by atoms with Gasteiger partial charge in [0.25, 0.3) is 5.91 Å². The van der Waals surface area contributed by atoms with Crippen LogP contribution in [0.4, 0.5) is 5.69 Å². The zero-order chi connectivity index (χ0) is 15.0. The molecule has 5 nitrogen and oxygen atoms in total. The summed E-state index contributed by atoms with van der Waals surface area (Å²) >= 11 is 0. The molecule has 0 fully saturated rings. The van der Waals surface area contributed by atoms with Crippen molar-refractivity contribution < 1.29 is 9.59 Å². The van der Waals surface area contributed by atoms with E-state index < -0.39 is 5.91 Å². The molecule has 1 aromatic carbocycles. The lowest BCUT2D eigenvalue weighted by atomic mass is 10.1. The Labute approximate surface area is 118 Å². The topological polar surface area (TPSA) is 82.0 Å². The highest BCUT2D eigenvalue weighted by atomic mass is 16.1. The molecule has 0 heterocycles. The summed E-state index contributed by atoms with van der Waals surface area (Å²) in [5, 5.41) is 14.4. The van der Waals surface area contributed by atoms with Crippen molar-refractivity contribution in [2.45, 2.75) is 20.3 Å². The molecule has 0 spiro atoms. The molecule has 0 aromatic heterocycles. The summed E-state index contributed by atoms with van der Waals surface area (Å²) in [5.74, 6) is -0.411. The fraction of sp³-hybridized carbons (Fsp3) is 0.267. The average Bonchev–Trinajstić information content (AvgIpc) is 2.46. The second-order valence-electron chi connectivity index (χ2n) is 4.20. The maximum Gasteiger partial charge on any atom is 0.263 e. The zero-order valence-corrected chi connectivity index (χ0v) is 11.6. The van der Waals surface area contributed by atoms with E-state index in [2.05, 4.69) is 10.6 Å². The van der Waals surface area contributed by atoms with Crippen molar-refractivity contribution in [3.63, 3.8) is 0 Å². The zero-order valence-electron chi connectivity index (χ0n) is 11.6. The summed E-state index contributed by atoms with van der Waals surface area (Å²) in [4.78, 5) is 22.7. The maximum absolute atomic E-state index is 11.6. The van der Waals surface area contributed by atoms with Gasteiger partial charge in [-0.05, 0) is 37.6 Å². The third-order valence-electron chi connectivity index (χ3n) is 2.58. The molecule has 0 saturated heterocycles. The highest BCUT2D eigenvalue weighted by Crippen LogP contribution is 2.10. The van der Waals surface area contributed by atoms with Crippen LogP contribution in [0, 0.1) is 11.3 Å². The van der Waals surface area contributed by atoms with Crippen molar-refractivity contribution >= 4 is 17.4 Å². The fourth-order valence-corrected chi connectivity index (χ4v) is 1.44. The third-order valence-corrected chi connectivity index (χ3v) is 2.58. The lowest BCUT2D eigenvalue weighted by molar-refractivity contribution is -0.117. The van der Waals surface area contributed by atoms with E-state index in [0.717, 1.165) is 6.42 Å². The van der Waals surface area contributed by atoms with Crippen LogP contribution in [0.25, 0.3) is 0 Å². The number of nitrogens with zero attached hydrogens (tertiary/aromatic N) is 1. The minimum Gasteiger partial charge on any atom is -0.360 e. The number of hydrogen-bond acceptors (Lipinski definition) is 4. The molecule has 2 N–H and O–H groups in total. The number of rotatable bonds is 6. The van der Waals surface area contributed by atoms with Crippen LogP contribution in [-0.2, 0) is 4.79 Å². The molecule has 1 rings (SSSR count). The number of Topliss-reactive ketones (excluding diaryl/α,β-unsaturated/α-hetero) is 1. The fourth-order valence-electron chi connectivity index (χ4n) is 1.44. The highest BCUT2D eigenvalue weighted by Gasteiger charge is 2.07. The largest absolute Gasteiger partial charge is 0.360 e. The Morgan fingerprint density at radius 1 is 1.30 bits per heavy atom.